The van der Waals surface area contributed by atoms with Gasteiger partial charge in [-0.2, -0.15) is 0 Å². The monoisotopic (exact) mass is 376 g/mol. The number of nitrogens with two attached hydrogens (primary N) is 1. The molecule has 0 saturated heterocycles. The molecule has 1 nitrogen and oxygen atoms in total. The van der Waals surface area contributed by atoms with Gasteiger partial charge in [-0.3, -0.25) is 0 Å². The van der Waals surface area contributed by atoms with Crippen molar-refractivity contribution in [2.45, 2.75) is 27.7 Å². The van der Waals surface area contributed by atoms with Crippen LogP contribution in [-0.2, 0) is 0 Å². The van der Waals surface area contributed by atoms with Crippen LogP contribution in [0, 0.1) is 20.8 Å². The molecule has 0 aromatic heterocycles. The van der Waals surface area contributed by atoms with Gasteiger partial charge in [0, 0.05) is 0 Å². The Kier molecular flexibility index (Phi) is 6.03. The van der Waals surface area contributed by atoms with E-state index < -0.39 is 0 Å². The van der Waals surface area contributed by atoms with Crippen LogP contribution in [0.3, 0.4) is 0 Å². The van der Waals surface area contributed by atoms with E-state index in [2.05, 4.69) is 88.9 Å². The Morgan fingerprint density at radius 3 is 2.31 bits per heavy atom. The summed E-state index contributed by atoms with van der Waals surface area (Å²) in [5, 5.41) is 2.35. The van der Waals surface area contributed by atoms with Crippen molar-refractivity contribution in [1.29, 1.82) is 0 Å². The molecule has 0 aliphatic carbocycles. The quantitative estimate of drug-likeness (QED) is 0.683. The van der Waals surface area contributed by atoms with Crippen LogP contribution in [0.2, 0.25) is 0 Å². The summed E-state index contributed by atoms with van der Waals surface area (Å²) in [6.07, 6.45) is 4.10. The van der Waals surface area contributed by atoms with Crippen molar-refractivity contribution in [3.63, 3.8) is 0 Å². The van der Waals surface area contributed by atoms with Crippen LogP contribution in [0.5, 0.6) is 0 Å². The molecule has 0 spiro atoms. The van der Waals surface area contributed by atoms with E-state index in [9.17, 15) is 0 Å². The Morgan fingerprint density at radius 2 is 1.69 bits per heavy atom. The zero-order valence-corrected chi connectivity index (χ0v) is 17.7. The molecule has 0 unspecified atom stereocenters. The van der Waals surface area contributed by atoms with E-state index in [1.165, 1.54) is 32.7 Å². The number of allylic oxidation sites excluding steroid dienone is 1. The van der Waals surface area contributed by atoms with E-state index in [1.807, 2.05) is 12.1 Å². The predicted molar refractivity (Wildman–Crippen MR) is 129 cm³/mol. The molecule has 0 heterocycles. The summed E-state index contributed by atoms with van der Waals surface area (Å²) >= 11 is 0. The Labute approximate surface area is 175 Å². The molecule has 0 aliphatic rings. The van der Waals surface area contributed by atoms with Gasteiger partial charge in [-0.25, -0.2) is 0 Å². The number of hydrogen-bond donors (Lipinski definition) is 1. The second-order valence-electron chi connectivity index (χ2n) is 7.51. The van der Waals surface area contributed by atoms with E-state index in [0.717, 1.165) is 22.3 Å². The topological polar surface area (TPSA) is 26.0 Å². The summed E-state index contributed by atoms with van der Waals surface area (Å²) in [6.45, 7) is 12.5. The molecule has 3 aromatic carbocycles. The van der Waals surface area contributed by atoms with Crippen LogP contribution < -0.4 is 16.2 Å². The first-order chi connectivity index (χ1) is 13.8. The third-order valence-corrected chi connectivity index (χ3v) is 5.41. The summed E-state index contributed by atoms with van der Waals surface area (Å²) in [7, 11) is 5.81. The summed E-state index contributed by atoms with van der Waals surface area (Å²) in [5.74, 6) is 0. The minimum absolute atomic E-state index is 0.335. The molecule has 1 radical (unpaired) electrons. The fourth-order valence-corrected chi connectivity index (χ4v) is 3.81. The van der Waals surface area contributed by atoms with Gasteiger partial charge in [-0.05, 0) is 6.92 Å². The van der Waals surface area contributed by atoms with Gasteiger partial charge in [0.15, 0.2) is 0 Å². The SMILES string of the molecule is [B]=C(N)c1ccc(C)c(-c2ccc(=C(/C=C)c3ccc(C)cc3C)/c(=C\C)c2)c1. The van der Waals surface area contributed by atoms with Gasteiger partial charge < -0.3 is 0 Å². The maximum absolute atomic E-state index is 5.81. The summed E-state index contributed by atoms with van der Waals surface area (Å²) in [5.41, 5.74) is 15.3. The molecule has 0 bridgehead atoms. The minimum atomic E-state index is 0.335. The fraction of sp³-hybridized carbons (Fsp3) is 0.148. The Morgan fingerprint density at radius 1 is 0.931 bits per heavy atom. The molecule has 143 valence electrons. The molecule has 2 N–H and O–H groups in total. The molecule has 0 amide bonds. The van der Waals surface area contributed by atoms with Crippen molar-refractivity contribution in [3.05, 3.63) is 106 Å². The van der Waals surface area contributed by atoms with Gasteiger partial charge in [0.1, 0.15) is 0 Å². The number of aryl methyl sites for hydroxylation is 3. The maximum atomic E-state index is 5.81. The molecule has 0 aliphatic heterocycles. The van der Waals surface area contributed by atoms with Crippen molar-refractivity contribution in [3.8, 4) is 11.1 Å². The molecule has 3 aromatic rings. The van der Waals surface area contributed by atoms with Gasteiger partial charge in [0.2, 0.25) is 0 Å². The first kappa shape index (κ1) is 20.6. The molecule has 3 rings (SSSR count). The van der Waals surface area contributed by atoms with Gasteiger partial charge in [0.25, 0.3) is 0 Å². The summed E-state index contributed by atoms with van der Waals surface area (Å²) in [4.78, 5) is 0. The van der Waals surface area contributed by atoms with Crippen molar-refractivity contribution in [2.75, 3.05) is 0 Å². The third-order valence-electron chi connectivity index (χ3n) is 5.41. The number of benzene rings is 3. The van der Waals surface area contributed by atoms with Crippen molar-refractivity contribution < 1.29 is 0 Å². The van der Waals surface area contributed by atoms with Crippen molar-refractivity contribution >= 4 is 24.7 Å². The first-order valence-electron chi connectivity index (χ1n) is 9.85. The second kappa shape index (κ2) is 8.49. The zero-order chi connectivity index (χ0) is 21.1. The van der Waals surface area contributed by atoms with E-state index in [1.54, 1.807) is 0 Å². The average Bonchev–Trinajstić information content (AvgIpc) is 2.70. The third kappa shape index (κ3) is 4.17. The number of rotatable bonds is 4. The Balaban J connectivity index is 2.28. The first-order valence-corrected chi connectivity index (χ1v) is 9.85. The van der Waals surface area contributed by atoms with Gasteiger partial charge in [0.05, 0.1) is 0 Å². The van der Waals surface area contributed by atoms with E-state index in [-0.39, 0.29) is 0 Å². The van der Waals surface area contributed by atoms with Crippen LogP contribution in [0.15, 0.2) is 67.3 Å². The van der Waals surface area contributed by atoms with Crippen LogP contribution >= 0.6 is 0 Å². The van der Waals surface area contributed by atoms with Crippen LogP contribution in [0.1, 0.15) is 34.7 Å². The van der Waals surface area contributed by atoms with E-state index >= 15 is 0 Å². The molecular formula is C27H27BN. The standard InChI is InChI=1S/C27H27BN/c1-6-20-15-21(26-16-22(27(28)29)10-9-18(26)4)11-13-25(20)23(7-2)24-12-8-17(3)14-19(24)5/h6-16H,2,29H2,1,3-5H3/b20-6-,25-23+. The van der Waals surface area contributed by atoms with E-state index in [4.69, 9.17) is 13.2 Å². The fourth-order valence-electron chi connectivity index (χ4n) is 3.81. The molecule has 0 saturated carbocycles. The van der Waals surface area contributed by atoms with Gasteiger partial charge in [-0.1, -0.05) is 5.56 Å². The Bertz CT molecular complexity index is 1230. The van der Waals surface area contributed by atoms with Crippen molar-refractivity contribution in [2.24, 2.45) is 5.73 Å². The van der Waals surface area contributed by atoms with Crippen LogP contribution in [0.25, 0.3) is 22.8 Å². The molecule has 29 heavy (non-hydrogen) atoms. The van der Waals surface area contributed by atoms with Gasteiger partial charge in [-0.15, -0.1) is 0 Å². The average molecular weight is 376 g/mol. The zero-order valence-electron chi connectivity index (χ0n) is 17.7. The predicted octanol–water partition coefficient (Wildman–Crippen LogP) is 4.07. The van der Waals surface area contributed by atoms with Crippen LogP contribution in [-0.4, -0.2) is 13.1 Å². The Hall–Kier alpha value is -3.13. The summed E-state index contributed by atoms with van der Waals surface area (Å²) in [6, 6.07) is 19.2. The van der Waals surface area contributed by atoms with Crippen molar-refractivity contribution in [1.82, 2.24) is 0 Å². The molecular weight excluding hydrogens is 349 g/mol. The number of hydrogen-bond acceptors (Lipinski definition) is 1. The molecule has 2 heteroatoms. The van der Waals surface area contributed by atoms with E-state index in [0.29, 0.717) is 5.59 Å². The molecule has 0 fully saturated rings. The second-order valence-corrected chi connectivity index (χ2v) is 7.51. The normalized spacial score (nSPS) is 12.6. The summed E-state index contributed by atoms with van der Waals surface area (Å²) < 4.78 is 0. The van der Waals surface area contributed by atoms with Crippen LogP contribution in [0.4, 0.5) is 0 Å². The molecule has 0 atom stereocenters. The van der Waals surface area contributed by atoms with Gasteiger partial charge >= 0.3 is 162 Å².